The van der Waals surface area contributed by atoms with Gasteiger partial charge >= 0.3 is 5.97 Å². The van der Waals surface area contributed by atoms with Crippen molar-refractivity contribution in [3.05, 3.63) is 28.1 Å². The summed E-state index contributed by atoms with van der Waals surface area (Å²) in [5.74, 6) is -1.26. The number of H-pyrrole nitrogens is 1. The van der Waals surface area contributed by atoms with Crippen LogP contribution in [0.5, 0.6) is 0 Å². The van der Waals surface area contributed by atoms with Crippen molar-refractivity contribution in [2.75, 3.05) is 6.54 Å². The Hall–Kier alpha value is -2.38. The fourth-order valence-electron chi connectivity index (χ4n) is 3.60. The SMILES string of the molecule is O=C(O)C1C2CCCC2CN1C(=O)c1cc([N+](=O)[O-])c[nH]1. The van der Waals surface area contributed by atoms with Gasteiger partial charge in [-0.05, 0) is 24.7 Å². The number of aromatic nitrogens is 1. The van der Waals surface area contributed by atoms with Crippen LogP contribution in [0.1, 0.15) is 29.8 Å². The van der Waals surface area contributed by atoms with Gasteiger partial charge in [-0.1, -0.05) is 6.42 Å². The quantitative estimate of drug-likeness (QED) is 0.642. The number of fused-ring (bicyclic) bond motifs is 1. The molecule has 0 radical (unpaired) electrons. The van der Waals surface area contributed by atoms with Gasteiger partial charge < -0.3 is 15.0 Å². The van der Waals surface area contributed by atoms with Gasteiger partial charge in [-0.25, -0.2) is 4.79 Å². The normalized spacial score (nSPS) is 27.6. The number of carboxylic acid groups (broad SMARTS) is 1. The van der Waals surface area contributed by atoms with Crippen molar-refractivity contribution >= 4 is 17.6 Å². The van der Waals surface area contributed by atoms with Gasteiger partial charge in [0.15, 0.2) is 0 Å². The standard InChI is InChI=1S/C13H15N3O5/c17-12(10-4-8(5-14-10)16(20)21)15-6-7-2-1-3-9(7)11(15)13(18)19/h4-5,7,9,11,14H,1-3,6H2,(H,18,19). The summed E-state index contributed by atoms with van der Waals surface area (Å²) < 4.78 is 0. The van der Waals surface area contributed by atoms with E-state index >= 15 is 0 Å². The van der Waals surface area contributed by atoms with E-state index in [1.165, 1.54) is 4.90 Å². The lowest BCUT2D eigenvalue weighted by Gasteiger charge is -2.23. The van der Waals surface area contributed by atoms with Gasteiger partial charge in [0.05, 0.1) is 11.1 Å². The maximum atomic E-state index is 12.4. The third kappa shape index (κ3) is 2.16. The first-order chi connectivity index (χ1) is 9.99. The Bertz CT molecular complexity index is 611. The Labute approximate surface area is 119 Å². The summed E-state index contributed by atoms with van der Waals surface area (Å²) >= 11 is 0. The largest absolute Gasteiger partial charge is 0.480 e. The highest BCUT2D eigenvalue weighted by atomic mass is 16.6. The first kappa shape index (κ1) is 13.6. The number of aliphatic carboxylic acids is 1. The molecule has 1 saturated heterocycles. The average Bonchev–Trinajstić information content (AvgIpc) is 3.11. The van der Waals surface area contributed by atoms with E-state index in [0.717, 1.165) is 31.5 Å². The number of hydrogen-bond donors (Lipinski definition) is 2. The molecule has 1 aliphatic heterocycles. The van der Waals surface area contributed by atoms with Crippen molar-refractivity contribution in [2.45, 2.75) is 25.3 Å². The van der Waals surface area contributed by atoms with Gasteiger partial charge in [0, 0.05) is 12.6 Å². The maximum absolute atomic E-state index is 12.4. The molecule has 0 spiro atoms. The molecule has 0 bridgehead atoms. The second-order valence-corrected chi connectivity index (χ2v) is 5.62. The summed E-state index contributed by atoms with van der Waals surface area (Å²) in [5, 5.41) is 20.1. The Balaban J connectivity index is 1.86. The van der Waals surface area contributed by atoms with Crippen LogP contribution in [0.4, 0.5) is 5.69 Å². The van der Waals surface area contributed by atoms with Crippen LogP contribution in [0.15, 0.2) is 12.3 Å². The molecule has 0 aromatic carbocycles. The smallest absolute Gasteiger partial charge is 0.326 e. The van der Waals surface area contributed by atoms with E-state index < -0.39 is 22.8 Å². The van der Waals surface area contributed by atoms with Crippen LogP contribution in [0.3, 0.4) is 0 Å². The zero-order valence-corrected chi connectivity index (χ0v) is 11.2. The minimum Gasteiger partial charge on any atom is -0.480 e. The predicted molar refractivity (Wildman–Crippen MR) is 70.7 cm³/mol. The molecule has 3 atom stereocenters. The average molecular weight is 293 g/mol. The van der Waals surface area contributed by atoms with Gasteiger partial charge in [-0.3, -0.25) is 14.9 Å². The molecule has 2 N–H and O–H groups in total. The van der Waals surface area contributed by atoms with Crippen molar-refractivity contribution < 1.29 is 19.6 Å². The van der Waals surface area contributed by atoms with Gasteiger partial charge in [0.1, 0.15) is 11.7 Å². The molecule has 3 unspecified atom stereocenters. The number of rotatable bonds is 3. The Morgan fingerprint density at radius 2 is 2.19 bits per heavy atom. The van der Waals surface area contributed by atoms with Gasteiger partial charge in [-0.2, -0.15) is 0 Å². The van der Waals surface area contributed by atoms with Crippen LogP contribution in [0.25, 0.3) is 0 Å². The van der Waals surface area contributed by atoms with Crippen LogP contribution in [0.2, 0.25) is 0 Å². The first-order valence-corrected chi connectivity index (χ1v) is 6.85. The molecule has 8 nitrogen and oxygen atoms in total. The summed E-state index contributed by atoms with van der Waals surface area (Å²) in [4.78, 5) is 37.9. The number of aromatic amines is 1. The van der Waals surface area contributed by atoms with Crippen LogP contribution in [-0.4, -0.2) is 44.4 Å². The lowest BCUT2D eigenvalue weighted by atomic mass is 9.94. The lowest BCUT2D eigenvalue weighted by molar-refractivity contribution is -0.384. The molecule has 112 valence electrons. The van der Waals surface area contributed by atoms with Crippen LogP contribution < -0.4 is 0 Å². The van der Waals surface area contributed by atoms with Crippen molar-refractivity contribution in [3.8, 4) is 0 Å². The number of nitrogens with zero attached hydrogens (tertiary/aromatic N) is 2. The number of nitro groups is 1. The van der Waals surface area contributed by atoms with Crippen molar-refractivity contribution in [3.63, 3.8) is 0 Å². The van der Waals surface area contributed by atoms with E-state index in [9.17, 15) is 24.8 Å². The number of carboxylic acids is 1. The molecule has 2 heterocycles. The predicted octanol–water partition coefficient (Wildman–Crippen LogP) is 1.25. The van der Waals surface area contributed by atoms with Crippen LogP contribution >= 0.6 is 0 Å². The molecular formula is C13H15N3O5. The van der Waals surface area contributed by atoms with E-state index in [-0.39, 0.29) is 23.2 Å². The Kier molecular flexibility index (Phi) is 3.15. The highest BCUT2D eigenvalue weighted by molar-refractivity contribution is 5.96. The zero-order chi connectivity index (χ0) is 15.1. The molecule has 21 heavy (non-hydrogen) atoms. The first-order valence-electron chi connectivity index (χ1n) is 6.85. The Morgan fingerprint density at radius 3 is 2.81 bits per heavy atom. The number of carbonyl (C=O) groups is 2. The van der Waals surface area contributed by atoms with E-state index in [2.05, 4.69) is 4.98 Å². The highest BCUT2D eigenvalue weighted by Gasteiger charge is 2.49. The molecule has 1 saturated carbocycles. The number of amides is 1. The third-order valence-corrected chi connectivity index (χ3v) is 4.51. The summed E-state index contributed by atoms with van der Waals surface area (Å²) in [7, 11) is 0. The fraction of sp³-hybridized carbons (Fsp3) is 0.538. The van der Waals surface area contributed by atoms with Gasteiger partial charge in [-0.15, -0.1) is 0 Å². The number of likely N-dealkylation sites (tertiary alicyclic amines) is 1. The molecule has 2 aliphatic rings. The molecular weight excluding hydrogens is 278 g/mol. The molecule has 1 aromatic heterocycles. The van der Waals surface area contributed by atoms with Gasteiger partial charge in [0.25, 0.3) is 11.6 Å². The third-order valence-electron chi connectivity index (χ3n) is 4.51. The van der Waals surface area contributed by atoms with Gasteiger partial charge in [0.2, 0.25) is 0 Å². The monoisotopic (exact) mass is 293 g/mol. The summed E-state index contributed by atoms with van der Waals surface area (Å²) in [5.41, 5.74) is -0.141. The zero-order valence-electron chi connectivity index (χ0n) is 11.2. The number of carbonyl (C=O) groups excluding carboxylic acids is 1. The lowest BCUT2D eigenvalue weighted by Crippen LogP contribution is -2.43. The summed E-state index contributed by atoms with van der Waals surface area (Å²) in [6, 6.07) is 0.322. The molecule has 3 rings (SSSR count). The minimum atomic E-state index is -1.00. The van der Waals surface area contributed by atoms with E-state index in [0.29, 0.717) is 6.54 Å². The van der Waals surface area contributed by atoms with Crippen LogP contribution in [0, 0.1) is 22.0 Å². The van der Waals surface area contributed by atoms with Crippen molar-refractivity contribution in [1.29, 1.82) is 0 Å². The second kappa shape index (κ2) is 4.87. The van der Waals surface area contributed by atoms with E-state index in [1.807, 2.05) is 0 Å². The summed E-state index contributed by atoms with van der Waals surface area (Å²) in [6.45, 7) is 0.410. The topological polar surface area (TPSA) is 117 Å². The second-order valence-electron chi connectivity index (χ2n) is 5.62. The Morgan fingerprint density at radius 1 is 1.43 bits per heavy atom. The highest BCUT2D eigenvalue weighted by Crippen LogP contribution is 2.42. The van der Waals surface area contributed by atoms with Crippen LogP contribution in [-0.2, 0) is 4.79 Å². The molecule has 2 fully saturated rings. The fourth-order valence-corrected chi connectivity index (χ4v) is 3.60. The minimum absolute atomic E-state index is 0.00334. The van der Waals surface area contributed by atoms with Crippen molar-refractivity contribution in [1.82, 2.24) is 9.88 Å². The van der Waals surface area contributed by atoms with E-state index in [1.54, 1.807) is 0 Å². The summed E-state index contributed by atoms with van der Waals surface area (Å²) in [6.07, 6.45) is 3.88. The van der Waals surface area contributed by atoms with Crippen molar-refractivity contribution in [2.24, 2.45) is 11.8 Å². The molecule has 8 heteroatoms. The van der Waals surface area contributed by atoms with E-state index in [4.69, 9.17) is 0 Å². The molecule has 1 aromatic rings. The molecule has 1 amide bonds. The maximum Gasteiger partial charge on any atom is 0.326 e. The number of nitrogens with one attached hydrogen (secondary N) is 1. The molecule has 1 aliphatic carbocycles. The number of hydrogen-bond acceptors (Lipinski definition) is 4.